The fourth-order valence-electron chi connectivity index (χ4n) is 4.64. The van der Waals surface area contributed by atoms with Gasteiger partial charge in [-0.2, -0.15) is 0 Å². The second-order valence-electron chi connectivity index (χ2n) is 7.49. The van der Waals surface area contributed by atoms with Crippen LogP contribution in [-0.2, 0) is 16.1 Å². The van der Waals surface area contributed by atoms with E-state index in [-0.39, 0.29) is 29.8 Å². The third kappa shape index (κ3) is 3.13. The van der Waals surface area contributed by atoms with E-state index < -0.39 is 0 Å². The van der Waals surface area contributed by atoms with E-state index in [1.165, 1.54) is 0 Å². The number of aryl methyl sites for hydroxylation is 1. The average molecular weight is 343 g/mol. The minimum Gasteiger partial charge on any atom is -0.349 e. The van der Waals surface area contributed by atoms with Crippen molar-refractivity contribution < 1.29 is 9.59 Å². The molecule has 134 valence electrons. The van der Waals surface area contributed by atoms with Crippen molar-refractivity contribution in [2.45, 2.75) is 51.2 Å². The third-order valence-electron chi connectivity index (χ3n) is 5.79. The van der Waals surface area contributed by atoms with Gasteiger partial charge in [-0.25, -0.2) is 0 Å². The lowest BCUT2D eigenvalue weighted by molar-refractivity contribution is -0.157. The summed E-state index contributed by atoms with van der Waals surface area (Å²) in [6.07, 6.45) is 6.93. The van der Waals surface area contributed by atoms with Crippen molar-refractivity contribution in [2.75, 3.05) is 13.1 Å². The van der Waals surface area contributed by atoms with Crippen LogP contribution < -0.4 is 10.6 Å². The molecule has 0 radical (unpaired) electrons. The van der Waals surface area contributed by atoms with E-state index in [0.29, 0.717) is 18.9 Å². The van der Waals surface area contributed by atoms with Gasteiger partial charge in [-0.05, 0) is 38.6 Å². The average Bonchev–Trinajstić information content (AvgIpc) is 2.62. The number of carbonyl (C=O) groups is 2. The van der Waals surface area contributed by atoms with E-state index in [0.717, 1.165) is 43.7 Å². The Morgan fingerprint density at radius 3 is 2.96 bits per heavy atom. The van der Waals surface area contributed by atoms with Crippen LogP contribution in [0, 0.1) is 18.8 Å². The van der Waals surface area contributed by atoms with Crippen molar-refractivity contribution in [1.82, 2.24) is 25.5 Å². The quantitative estimate of drug-likeness (QED) is 0.829. The maximum atomic E-state index is 13.0. The molecule has 3 aliphatic rings. The van der Waals surface area contributed by atoms with Gasteiger partial charge in [0.2, 0.25) is 11.8 Å². The number of carbonyl (C=O) groups excluding carboxylic acids is 2. The Balaban J connectivity index is 1.50. The number of nitrogens with zero attached hydrogens (tertiary/aromatic N) is 3. The highest BCUT2D eigenvalue weighted by molar-refractivity contribution is 5.89. The first kappa shape index (κ1) is 16.4. The highest BCUT2D eigenvalue weighted by Crippen LogP contribution is 2.39. The molecule has 4 rings (SSSR count). The van der Waals surface area contributed by atoms with Gasteiger partial charge in [0.05, 0.1) is 24.1 Å². The van der Waals surface area contributed by atoms with Crippen molar-refractivity contribution >= 4 is 11.8 Å². The van der Waals surface area contributed by atoms with Crippen LogP contribution in [-0.4, -0.2) is 51.9 Å². The van der Waals surface area contributed by atoms with Crippen LogP contribution in [0.25, 0.3) is 0 Å². The second kappa shape index (κ2) is 6.71. The molecule has 25 heavy (non-hydrogen) atoms. The van der Waals surface area contributed by atoms with Gasteiger partial charge in [0.15, 0.2) is 0 Å². The molecule has 1 aromatic rings. The summed E-state index contributed by atoms with van der Waals surface area (Å²) in [5.74, 6) is 0.758. The third-order valence-corrected chi connectivity index (χ3v) is 5.79. The number of nitrogens with one attached hydrogen (secondary N) is 2. The Morgan fingerprint density at radius 2 is 2.16 bits per heavy atom. The molecule has 2 bridgehead atoms. The van der Waals surface area contributed by atoms with E-state index in [9.17, 15) is 9.59 Å². The Hall–Kier alpha value is -2.02. The molecule has 2 amide bonds. The monoisotopic (exact) mass is 343 g/mol. The second-order valence-corrected chi connectivity index (χ2v) is 7.49. The maximum Gasteiger partial charge on any atom is 0.243 e. The summed E-state index contributed by atoms with van der Waals surface area (Å²) in [5, 5.41) is 6.44. The van der Waals surface area contributed by atoms with Gasteiger partial charge in [0.25, 0.3) is 0 Å². The minimum absolute atomic E-state index is 0.0604. The van der Waals surface area contributed by atoms with Crippen LogP contribution in [0.5, 0.6) is 0 Å². The summed E-state index contributed by atoms with van der Waals surface area (Å²) in [7, 11) is 0. The Kier molecular flexibility index (Phi) is 4.41. The molecule has 7 heteroatoms. The van der Waals surface area contributed by atoms with Gasteiger partial charge in [-0.15, -0.1) is 0 Å². The first-order chi connectivity index (χ1) is 12.1. The summed E-state index contributed by atoms with van der Waals surface area (Å²) < 4.78 is 0. The number of amides is 2. The van der Waals surface area contributed by atoms with E-state index in [2.05, 4.69) is 20.6 Å². The minimum atomic E-state index is -0.361. The van der Waals surface area contributed by atoms with Crippen molar-refractivity contribution in [3.05, 3.63) is 23.8 Å². The number of hydrogen-bond acceptors (Lipinski definition) is 5. The lowest BCUT2D eigenvalue weighted by Crippen LogP contribution is -2.67. The zero-order valence-electron chi connectivity index (χ0n) is 14.6. The van der Waals surface area contributed by atoms with Gasteiger partial charge in [-0.1, -0.05) is 0 Å². The number of rotatable bonds is 3. The van der Waals surface area contributed by atoms with Crippen LogP contribution in [0.3, 0.4) is 0 Å². The highest BCUT2D eigenvalue weighted by atomic mass is 16.2. The Morgan fingerprint density at radius 1 is 1.32 bits per heavy atom. The molecule has 3 saturated heterocycles. The maximum absolute atomic E-state index is 13.0. The highest BCUT2D eigenvalue weighted by Gasteiger charge is 2.50. The van der Waals surface area contributed by atoms with Crippen LogP contribution >= 0.6 is 0 Å². The van der Waals surface area contributed by atoms with Crippen molar-refractivity contribution in [3.8, 4) is 0 Å². The summed E-state index contributed by atoms with van der Waals surface area (Å²) in [6, 6.07) is -0.152. The molecule has 0 aliphatic carbocycles. The molecule has 4 atom stereocenters. The normalized spacial score (nSPS) is 31.4. The molecule has 1 aromatic heterocycles. The van der Waals surface area contributed by atoms with Gasteiger partial charge < -0.3 is 15.5 Å². The van der Waals surface area contributed by atoms with Crippen molar-refractivity contribution in [2.24, 2.45) is 11.8 Å². The van der Waals surface area contributed by atoms with E-state index in [1.807, 2.05) is 11.8 Å². The van der Waals surface area contributed by atoms with E-state index in [1.54, 1.807) is 12.4 Å². The van der Waals surface area contributed by atoms with Crippen LogP contribution in [0.15, 0.2) is 12.4 Å². The summed E-state index contributed by atoms with van der Waals surface area (Å²) >= 11 is 0. The number of hydrogen-bond donors (Lipinski definition) is 2. The summed E-state index contributed by atoms with van der Waals surface area (Å²) in [4.78, 5) is 36.0. The Labute approximate surface area is 147 Å². The van der Waals surface area contributed by atoms with Gasteiger partial charge in [0.1, 0.15) is 6.04 Å². The molecule has 0 saturated carbocycles. The van der Waals surface area contributed by atoms with E-state index in [4.69, 9.17) is 0 Å². The van der Waals surface area contributed by atoms with Crippen LogP contribution in [0.2, 0.25) is 0 Å². The zero-order chi connectivity index (χ0) is 17.4. The van der Waals surface area contributed by atoms with Crippen LogP contribution in [0.4, 0.5) is 0 Å². The smallest absolute Gasteiger partial charge is 0.243 e. The first-order valence-corrected chi connectivity index (χ1v) is 9.20. The lowest BCUT2D eigenvalue weighted by atomic mass is 9.72. The molecule has 3 fully saturated rings. The molecule has 7 nitrogen and oxygen atoms in total. The summed E-state index contributed by atoms with van der Waals surface area (Å²) in [5.41, 5.74) is 1.58. The molecule has 0 aromatic carbocycles. The molecule has 4 heterocycles. The fourth-order valence-corrected chi connectivity index (χ4v) is 4.64. The molecule has 2 N–H and O–H groups in total. The SMILES string of the molecule is Cc1cnc(CNC(=O)[C@H]2[C@@H]3CNC[C@@H](C3)[C@@H]3CCCC(=O)N32)cn1. The predicted molar refractivity (Wildman–Crippen MR) is 91.4 cm³/mol. The molecular formula is C18H25N5O2. The number of fused-ring (bicyclic) bond motifs is 4. The standard InChI is InChI=1S/C18H25N5O2/c1-11-6-21-14(9-20-11)10-22-18(25)17-13-5-12(7-19-8-13)15-3-2-4-16(24)23(15)17/h6,9,12-13,15,17,19H,2-5,7-8,10H2,1H3,(H,22,25)/t12-,13+,15+,17-/m1/s1. The Bertz CT molecular complexity index is 662. The molecule has 0 spiro atoms. The number of piperidine rings is 3. The van der Waals surface area contributed by atoms with Gasteiger partial charge in [0, 0.05) is 31.1 Å². The largest absolute Gasteiger partial charge is 0.349 e. The zero-order valence-corrected chi connectivity index (χ0v) is 14.6. The van der Waals surface area contributed by atoms with Gasteiger partial charge in [-0.3, -0.25) is 19.6 Å². The van der Waals surface area contributed by atoms with Gasteiger partial charge >= 0.3 is 0 Å². The molecule has 3 aliphatic heterocycles. The van der Waals surface area contributed by atoms with E-state index >= 15 is 0 Å². The predicted octanol–water partition coefficient (Wildman–Crippen LogP) is 0.390. The summed E-state index contributed by atoms with van der Waals surface area (Å²) in [6.45, 7) is 3.98. The molecule has 0 unspecified atom stereocenters. The first-order valence-electron chi connectivity index (χ1n) is 9.20. The van der Waals surface area contributed by atoms with Crippen molar-refractivity contribution in [1.29, 1.82) is 0 Å². The molecular weight excluding hydrogens is 318 g/mol. The van der Waals surface area contributed by atoms with Crippen LogP contribution in [0.1, 0.15) is 37.1 Å². The lowest BCUT2D eigenvalue weighted by Gasteiger charge is -2.53. The fraction of sp³-hybridized carbons (Fsp3) is 0.667. The van der Waals surface area contributed by atoms with Crippen molar-refractivity contribution in [3.63, 3.8) is 0 Å². The number of aromatic nitrogens is 2. The topological polar surface area (TPSA) is 87.2 Å².